The van der Waals surface area contributed by atoms with Crippen molar-refractivity contribution in [1.82, 2.24) is 14.7 Å². The van der Waals surface area contributed by atoms with Crippen LogP contribution in [0.1, 0.15) is 16.8 Å². The molecule has 0 radical (unpaired) electrons. The number of carbonyl (C=O) groups excluding carboxylic acids is 1. The molecule has 5 nitrogen and oxygen atoms in total. The number of para-hydroxylation sites is 1. The third kappa shape index (κ3) is 3.53. The first-order valence-corrected chi connectivity index (χ1v) is 8.90. The molecule has 1 aliphatic heterocycles. The van der Waals surface area contributed by atoms with E-state index in [9.17, 15) is 4.79 Å². The maximum Gasteiger partial charge on any atom is 0.239 e. The highest BCUT2D eigenvalue weighted by molar-refractivity contribution is 5.91. The lowest BCUT2D eigenvalue weighted by Crippen LogP contribution is -2.37. The molecule has 4 rings (SSSR count). The van der Waals surface area contributed by atoms with E-state index in [1.54, 1.807) is 0 Å². The third-order valence-electron chi connectivity index (χ3n) is 4.73. The van der Waals surface area contributed by atoms with E-state index in [0.29, 0.717) is 12.4 Å². The van der Waals surface area contributed by atoms with Crippen molar-refractivity contribution in [3.63, 3.8) is 0 Å². The molecule has 0 bridgehead atoms. The molecule has 26 heavy (non-hydrogen) atoms. The molecule has 0 saturated heterocycles. The second-order valence-electron chi connectivity index (χ2n) is 6.70. The number of rotatable bonds is 4. The van der Waals surface area contributed by atoms with Gasteiger partial charge in [0.15, 0.2) is 5.82 Å². The molecule has 0 fully saturated rings. The lowest BCUT2D eigenvalue weighted by molar-refractivity contribution is -0.117. The molecule has 2 heterocycles. The summed E-state index contributed by atoms with van der Waals surface area (Å²) in [5.74, 6) is 0.566. The van der Waals surface area contributed by atoms with Gasteiger partial charge in [-0.15, -0.1) is 5.10 Å². The van der Waals surface area contributed by atoms with Crippen molar-refractivity contribution >= 4 is 11.7 Å². The number of fused-ring (bicyclic) bond motifs is 1. The van der Waals surface area contributed by atoms with Crippen LogP contribution in [0.4, 0.5) is 5.82 Å². The Kier molecular flexibility index (Phi) is 4.54. The minimum Gasteiger partial charge on any atom is -0.308 e. The zero-order chi connectivity index (χ0) is 17.9. The van der Waals surface area contributed by atoms with Crippen LogP contribution in [0, 0.1) is 6.92 Å². The van der Waals surface area contributed by atoms with Gasteiger partial charge in [-0.3, -0.25) is 9.69 Å². The van der Waals surface area contributed by atoms with E-state index >= 15 is 0 Å². The molecule has 2 aromatic carbocycles. The van der Waals surface area contributed by atoms with Gasteiger partial charge in [0.1, 0.15) is 0 Å². The van der Waals surface area contributed by atoms with Gasteiger partial charge in [0.25, 0.3) is 0 Å². The molecule has 1 N–H and O–H groups in total. The summed E-state index contributed by atoms with van der Waals surface area (Å²) >= 11 is 0. The van der Waals surface area contributed by atoms with Crippen molar-refractivity contribution in [3.05, 3.63) is 77.5 Å². The second-order valence-corrected chi connectivity index (χ2v) is 6.70. The van der Waals surface area contributed by atoms with Crippen LogP contribution in [0.25, 0.3) is 5.69 Å². The lowest BCUT2D eigenvalue weighted by Gasteiger charge is -2.27. The largest absolute Gasteiger partial charge is 0.308 e. The minimum atomic E-state index is -0.0258. The summed E-state index contributed by atoms with van der Waals surface area (Å²) in [7, 11) is 0. The lowest BCUT2D eigenvalue weighted by atomic mass is 10.00. The zero-order valence-electron chi connectivity index (χ0n) is 14.9. The summed E-state index contributed by atoms with van der Waals surface area (Å²) in [4.78, 5) is 14.6. The average Bonchev–Trinajstić information content (AvgIpc) is 3.02. The first-order valence-electron chi connectivity index (χ1n) is 8.90. The predicted octanol–water partition coefficient (Wildman–Crippen LogP) is 3.18. The fraction of sp³-hybridized carbons (Fsp3) is 0.238. The van der Waals surface area contributed by atoms with Crippen molar-refractivity contribution < 1.29 is 4.79 Å². The van der Waals surface area contributed by atoms with Crippen LogP contribution in [0.15, 0.2) is 60.7 Å². The van der Waals surface area contributed by atoms with Gasteiger partial charge in [-0.25, -0.2) is 4.68 Å². The monoisotopic (exact) mass is 346 g/mol. The Hall–Kier alpha value is -2.92. The summed E-state index contributed by atoms with van der Waals surface area (Å²) in [6, 6.07) is 20.3. The van der Waals surface area contributed by atoms with Crippen molar-refractivity contribution in [1.29, 1.82) is 0 Å². The maximum atomic E-state index is 12.4. The van der Waals surface area contributed by atoms with Crippen molar-refractivity contribution in [2.75, 3.05) is 18.4 Å². The van der Waals surface area contributed by atoms with Gasteiger partial charge >= 0.3 is 0 Å². The van der Waals surface area contributed by atoms with Gasteiger partial charge in [0, 0.05) is 24.8 Å². The summed E-state index contributed by atoms with van der Waals surface area (Å²) < 4.78 is 1.84. The van der Waals surface area contributed by atoms with E-state index in [-0.39, 0.29) is 5.91 Å². The van der Waals surface area contributed by atoms with E-state index < -0.39 is 0 Å². The zero-order valence-corrected chi connectivity index (χ0v) is 14.9. The van der Waals surface area contributed by atoms with Crippen LogP contribution in [-0.2, 0) is 17.8 Å². The number of benzene rings is 2. The molecule has 3 aromatic rings. The Morgan fingerprint density at radius 3 is 2.62 bits per heavy atom. The molecule has 0 spiro atoms. The second kappa shape index (κ2) is 7.14. The van der Waals surface area contributed by atoms with E-state index in [0.717, 1.165) is 30.9 Å². The standard InChI is InChI=1S/C21H22N4O/c1-16-13-20(23-25(16)19-9-3-2-4-10-19)22-21(26)15-24-12-11-17-7-5-6-8-18(17)14-24/h2-10,13H,11-12,14-15H2,1H3,(H,22,23,26). The molecule has 132 valence electrons. The predicted molar refractivity (Wildman–Crippen MR) is 102 cm³/mol. The highest BCUT2D eigenvalue weighted by atomic mass is 16.2. The van der Waals surface area contributed by atoms with Crippen LogP contribution in [0.5, 0.6) is 0 Å². The number of aromatic nitrogens is 2. The van der Waals surface area contributed by atoms with Crippen LogP contribution >= 0.6 is 0 Å². The van der Waals surface area contributed by atoms with Gasteiger partial charge in [-0.2, -0.15) is 0 Å². The number of carbonyl (C=O) groups is 1. The highest BCUT2D eigenvalue weighted by Gasteiger charge is 2.18. The Morgan fingerprint density at radius 1 is 1.08 bits per heavy atom. The number of amides is 1. The van der Waals surface area contributed by atoms with Gasteiger partial charge in [0.2, 0.25) is 5.91 Å². The van der Waals surface area contributed by atoms with Crippen LogP contribution in [0.3, 0.4) is 0 Å². The topological polar surface area (TPSA) is 50.2 Å². The van der Waals surface area contributed by atoms with Crippen LogP contribution < -0.4 is 5.32 Å². The smallest absolute Gasteiger partial charge is 0.239 e. The molecule has 1 aromatic heterocycles. The Morgan fingerprint density at radius 2 is 1.81 bits per heavy atom. The van der Waals surface area contributed by atoms with Gasteiger partial charge in [-0.1, -0.05) is 42.5 Å². The van der Waals surface area contributed by atoms with Crippen LogP contribution in [0.2, 0.25) is 0 Å². The first-order chi connectivity index (χ1) is 12.7. The minimum absolute atomic E-state index is 0.0258. The van der Waals surface area contributed by atoms with Gasteiger partial charge < -0.3 is 5.32 Å². The molecule has 0 saturated carbocycles. The SMILES string of the molecule is Cc1cc(NC(=O)CN2CCc3ccccc3C2)nn1-c1ccccc1. The molecular formula is C21H22N4O. The molecular weight excluding hydrogens is 324 g/mol. The Balaban J connectivity index is 1.40. The average molecular weight is 346 g/mol. The van der Waals surface area contributed by atoms with Gasteiger partial charge in [-0.05, 0) is 36.6 Å². The molecule has 1 amide bonds. The summed E-state index contributed by atoms with van der Waals surface area (Å²) in [5.41, 5.74) is 4.67. The van der Waals surface area contributed by atoms with E-state index in [2.05, 4.69) is 39.6 Å². The van der Waals surface area contributed by atoms with Crippen molar-refractivity contribution in [3.8, 4) is 5.69 Å². The summed E-state index contributed by atoms with van der Waals surface area (Å²) in [6.07, 6.45) is 0.991. The molecule has 5 heteroatoms. The maximum absolute atomic E-state index is 12.4. The molecule has 1 aliphatic rings. The number of nitrogens with zero attached hydrogens (tertiary/aromatic N) is 3. The highest BCUT2D eigenvalue weighted by Crippen LogP contribution is 2.19. The molecule has 0 atom stereocenters. The van der Waals surface area contributed by atoms with E-state index in [1.807, 2.05) is 48.0 Å². The van der Waals surface area contributed by atoms with E-state index in [4.69, 9.17) is 0 Å². The number of hydrogen-bond donors (Lipinski definition) is 1. The number of anilines is 1. The quantitative estimate of drug-likeness (QED) is 0.789. The first kappa shape index (κ1) is 16.5. The van der Waals surface area contributed by atoms with Crippen molar-refractivity contribution in [2.45, 2.75) is 19.9 Å². The number of aryl methyl sites for hydroxylation is 1. The fourth-order valence-corrected chi connectivity index (χ4v) is 3.44. The summed E-state index contributed by atoms with van der Waals surface area (Å²) in [5, 5.41) is 7.45. The number of nitrogens with one attached hydrogen (secondary N) is 1. The normalized spacial score (nSPS) is 14.0. The Bertz CT molecular complexity index is 917. The third-order valence-corrected chi connectivity index (χ3v) is 4.73. The Labute approximate surface area is 153 Å². The van der Waals surface area contributed by atoms with E-state index in [1.165, 1.54) is 11.1 Å². The van der Waals surface area contributed by atoms with Crippen LogP contribution in [-0.4, -0.2) is 33.7 Å². The van der Waals surface area contributed by atoms with Crippen molar-refractivity contribution in [2.24, 2.45) is 0 Å². The molecule has 0 aliphatic carbocycles. The number of hydrogen-bond acceptors (Lipinski definition) is 3. The fourth-order valence-electron chi connectivity index (χ4n) is 3.44. The molecule has 0 unspecified atom stereocenters. The summed E-state index contributed by atoms with van der Waals surface area (Å²) in [6.45, 7) is 4.09. The van der Waals surface area contributed by atoms with Gasteiger partial charge in [0.05, 0.1) is 12.2 Å².